The Hall–Kier alpha value is -0.350. The third-order valence-electron chi connectivity index (χ3n) is 0.688. The van der Waals surface area contributed by atoms with E-state index in [0.717, 1.165) is 17.4 Å². The maximum atomic E-state index is 5.28. The van der Waals surface area contributed by atoms with Gasteiger partial charge in [-0.05, 0) is 6.92 Å². The lowest BCUT2D eigenvalue weighted by atomic mass is 10.5. The van der Waals surface area contributed by atoms with Crippen LogP contribution < -0.4 is 5.73 Å². The van der Waals surface area contributed by atoms with Crippen LogP contribution in [0.4, 0.5) is 5.82 Å². The van der Waals surface area contributed by atoms with Gasteiger partial charge in [-0.25, -0.2) is 0 Å². The minimum absolute atomic E-state index is 0. The summed E-state index contributed by atoms with van der Waals surface area (Å²) in [7, 11) is 0. The number of hydrogen-bond acceptors (Lipinski definition) is 4. The average molecular weight is 152 g/mol. The maximum Gasteiger partial charge on any atom is 0.160 e. The predicted molar refractivity (Wildman–Crippen MR) is 36.3 cm³/mol. The van der Waals surface area contributed by atoms with Gasteiger partial charge < -0.3 is 5.73 Å². The molecule has 5 heteroatoms. The molecule has 1 aromatic heterocycles. The highest BCUT2D eigenvalue weighted by Crippen LogP contribution is 2.02. The van der Waals surface area contributed by atoms with Crippen LogP contribution in [0.15, 0.2) is 0 Å². The van der Waals surface area contributed by atoms with Crippen LogP contribution in [0.25, 0.3) is 0 Å². The van der Waals surface area contributed by atoms with Crippen LogP contribution in [0.5, 0.6) is 0 Å². The van der Waals surface area contributed by atoms with Crippen LogP contribution in [-0.4, -0.2) is 8.75 Å². The lowest BCUT2D eigenvalue weighted by Crippen LogP contribution is -1.85. The second kappa shape index (κ2) is 2.84. The molecule has 0 amide bonds. The molecule has 3 nitrogen and oxygen atoms in total. The normalized spacial score (nSPS) is 8.12. The van der Waals surface area contributed by atoms with E-state index < -0.39 is 0 Å². The van der Waals surface area contributed by atoms with Gasteiger partial charge in [-0.2, -0.15) is 8.75 Å². The fraction of sp³-hybridized carbons (Fsp3) is 0.333. The first-order chi connectivity index (χ1) is 3.30. The fourth-order valence-corrected chi connectivity index (χ4v) is 0.715. The molecule has 0 atom stereocenters. The van der Waals surface area contributed by atoms with E-state index in [1.165, 1.54) is 0 Å². The molecule has 1 aromatic rings. The Morgan fingerprint density at radius 1 is 1.50 bits per heavy atom. The highest BCUT2D eigenvalue weighted by atomic mass is 35.5. The Morgan fingerprint density at radius 2 is 2.12 bits per heavy atom. The molecule has 0 unspecified atom stereocenters. The average Bonchev–Trinajstić information content (AvgIpc) is 1.91. The van der Waals surface area contributed by atoms with Gasteiger partial charge in [0.25, 0.3) is 0 Å². The number of nitrogen functional groups attached to an aromatic ring is 1. The van der Waals surface area contributed by atoms with Gasteiger partial charge >= 0.3 is 0 Å². The molecule has 0 spiro atoms. The number of rotatable bonds is 0. The Labute approximate surface area is 57.7 Å². The van der Waals surface area contributed by atoms with Crippen molar-refractivity contribution in [2.45, 2.75) is 6.92 Å². The first-order valence-electron chi connectivity index (χ1n) is 1.85. The van der Waals surface area contributed by atoms with Gasteiger partial charge in [0.15, 0.2) is 5.82 Å². The molecule has 8 heavy (non-hydrogen) atoms. The van der Waals surface area contributed by atoms with Gasteiger partial charge in [-0.1, -0.05) is 0 Å². The number of nitrogens with two attached hydrogens (primary N) is 1. The number of aryl methyl sites for hydroxylation is 1. The maximum absolute atomic E-state index is 5.28. The summed E-state index contributed by atoms with van der Waals surface area (Å²) in [5.74, 6) is 0.546. The zero-order valence-corrected chi connectivity index (χ0v) is 5.92. The van der Waals surface area contributed by atoms with E-state index in [4.69, 9.17) is 5.73 Å². The highest BCUT2D eigenvalue weighted by molar-refractivity contribution is 6.99. The van der Waals surface area contributed by atoms with E-state index in [-0.39, 0.29) is 12.4 Å². The van der Waals surface area contributed by atoms with E-state index in [0.29, 0.717) is 5.82 Å². The zero-order chi connectivity index (χ0) is 5.28. The summed E-state index contributed by atoms with van der Waals surface area (Å²) in [6, 6.07) is 0. The SMILES string of the molecule is Cc1nsnc1N.Cl. The van der Waals surface area contributed by atoms with E-state index >= 15 is 0 Å². The summed E-state index contributed by atoms with van der Waals surface area (Å²) in [5.41, 5.74) is 6.10. The minimum Gasteiger partial charge on any atom is -0.381 e. The third-order valence-corrected chi connectivity index (χ3v) is 1.32. The van der Waals surface area contributed by atoms with Crippen LogP contribution >= 0.6 is 24.1 Å². The Kier molecular flexibility index (Phi) is 2.71. The largest absolute Gasteiger partial charge is 0.381 e. The topological polar surface area (TPSA) is 51.8 Å². The molecule has 0 aromatic carbocycles. The van der Waals surface area contributed by atoms with Crippen molar-refractivity contribution in [1.82, 2.24) is 8.75 Å². The second-order valence-corrected chi connectivity index (χ2v) is 1.76. The molecular weight excluding hydrogens is 146 g/mol. The van der Waals surface area contributed by atoms with Crippen LogP contribution in [0.3, 0.4) is 0 Å². The lowest BCUT2D eigenvalue weighted by Gasteiger charge is -1.76. The molecule has 1 rings (SSSR count). The molecule has 0 radical (unpaired) electrons. The van der Waals surface area contributed by atoms with Crippen molar-refractivity contribution in [3.8, 4) is 0 Å². The van der Waals surface area contributed by atoms with Crippen molar-refractivity contribution in [2.24, 2.45) is 0 Å². The summed E-state index contributed by atoms with van der Waals surface area (Å²) in [4.78, 5) is 0. The fourth-order valence-electron chi connectivity index (χ4n) is 0.238. The second-order valence-electron chi connectivity index (χ2n) is 1.23. The van der Waals surface area contributed by atoms with E-state index in [9.17, 15) is 0 Å². The van der Waals surface area contributed by atoms with Crippen molar-refractivity contribution in [3.63, 3.8) is 0 Å². The van der Waals surface area contributed by atoms with Gasteiger partial charge in [0.2, 0.25) is 0 Å². The molecule has 2 N–H and O–H groups in total. The molecule has 0 aliphatic rings. The monoisotopic (exact) mass is 151 g/mol. The first-order valence-corrected chi connectivity index (χ1v) is 2.58. The standard InChI is InChI=1S/C3H5N3S.ClH/c1-2-3(4)6-7-5-2;/h1H3,(H2,4,6);1H. The van der Waals surface area contributed by atoms with Gasteiger partial charge in [-0.15, -0.1) is 12.4 Å². The Morgan fingerprint density at radius 3 is 2.25 bits per heavy atom. The van der Waals surface area contributed by atoms with Gasteiger partial charge in [-0.3, -0.25) is 0 Å². The molecule has 0 saturated heterocycles. The van der Waals surface area contributed by atoms with Crippen LogP contribution in [-0.2, 0) is 0 Å². The zero-order valence-electron chi connectivity index (χ0n) is 4.29. The molecule has 0 fully saturated rings. The number of hydrogen-bond donors (Lipinski definition) is 1. The van der Waals surface area contributed by atoms with Crippen molar-refractivity contribution in [3.05, 3.63) is 5.69 Å². The summed E-state index contributed by atoms with van der Waals surface area (Å²) in [6.45, 7) is 1.83. The first kappa shape index (κ1) is 7.65. The summed E-state index contributed by atoms with van der Waals surface area (Å²) in [5, 5.41) is 0. The number of aromatic nitrogens is 2. The van der Waals surface area contributed by atoms with Crippen molar-refractivity contribution >= 4 is 30.0 Å². The summed E-state index contributed by atoms with van der Waals surface area (Å²) < 4.78 is 7.55. The van der Waals surface area contributed by atoms with Crippen LogP contribution in [0, 0.1) is 6.92 Å². The third kappa shape index (κ3) is 1.31. The Balaban J connectivity index is 0.000000490. The minimum atomic E-state index is 0. The van der Waals surface area contributed by atoms with Gasteiger partial charge in [0, 0.05) is 0 Å². The number of anilines is 1. The molecule has 0 aliphatic carbocycles. The number of nitrogens with zero attached hydrogens (tertiary/aromatic N) is 2. The molecule has 0 bridgehead atoms. The van der Waals surface area contributed by atoms with E-state index in [2.05, 4.69) is 8.75 Å². The van der Waals surface area contributed by atoms with Crippen LogP contribution in [0.1, 0.15) is 5.69 Å². The van der Waals surface area contributed by atoms with Crippen molar-refractivity contribution in [2.75, 3.05) is 5.73 Å². The smallest absolute Gasteiger partial charge is 0.160 e. The molecule has 46 valence electrons. The highest BCUT2D eigenvalue weighted by Gasteiger charge is 1.92. The summed E-state index contributed by atoms with van der Waals surface area (Å²) >= 11 is 1.14. The quantitative estimate of drug-likeness (QED) is 0.598. The summed E-state index contributed by atoms with van der Waals surface area (Å²) in [6.07, 6.45) is 0. The molecule has 1 heterocycles. The predicted octanol–water partition coefficient (Wildman–Crippen LogP) is 0.851. The van der Waals surface area contributed by atoms with E-state index in [1.54, 1.807) is 0 Å². The molecule has 0 saturated carbocycles. The van der Waals surface area contributed by atoms with Crippen molar-refractivity contribution < 1.29 is 0 Å². The van der Waals surface area contributed by atoms with Crippen LogP contribution in [0.2, 0.25) is 0 Å². The van der Waals surface area contributed by atoms with Crippen molar-refractivity contribution in [1.29, 1.82) is 0 Å². The van der Waals surface area contributed by atoms with Gasteiger partial charge in [0.1, 0.15) is 0 Å². The molecular formula is C3H6ClN3S. The van der Waals surface area contributed by atoms with Gasteiger partial charge in [0.05, 0.1) is 17.4 Å². The molecule has 0 aliphatic heterocycles. The Bertz CT molecular complexity index is 147. The lowest BCUT2D eigenvalue weighted by molar-refractivity contribution is 1.33. The van der Waals surface area contributed by atoms with E-state index in [1.807, 2.05) is 6.92 Å². The number of halogens is 1.